The van der Waals surface area contributed by atoms with Gasteiger partial charge in [-0.3, -0.25) is 0 Å². The van der Waals surface area contributed by atoms with E-state index in [-0.39, 0.29) is 4.90 Å². The monoisotopic (exact) mass is 306 g/mol. The second-order valence-corrected chi connectivity index (χ2v) is 7.44. The summed E-state index contributed by atoms with van der Waals surface area (Å²) in [6.45, 7) is 2.09. The Labute approximate surface area is 127 Å². The van der Waals surface area contributed by atoms with Crippen LogP contribution >= 0.6 is 0 Å². The van der Waals surface area contributed by atoms with Crippen LogP contribution in [0.1, 0.15) is 51.0 Å². The third-order valence-corrected chi connectivity index (χ3v) is 5.58. The van der Waals surface area contributed by atoms with E-state index in [1.807, 2.05) is 12.1 Å². The fraction of sp³-hybridized carbons (Fsp3) is 0.562. The molecular weight excluding hydrogens is 284 g/mol. The Morgan fingerprint density at radius 2 is 1.81 bits per heavy atom. The average molecular weight is 306 g/mol. The molecule has 2 rings (SSSR count). The largest absolute Gasteiger partial charge is 0.241 e. The van der Waals surface area contributed by atoms with Crippen LogP contribution in [0.5, 0.6) is 0 Å². The molecule has 1 aromatic carbocycles. The molecule has 1 saturated carbocycles. The first-order chi connectivity index (χ1) is 10.0. The molecule has 0 unspecified atom stereocenters. The predicted octanol–water partition coefficient (Wildman–Crippen LogP) is 3.14. The van der Waals surface area contributed by atoms with Crippen LogP contribution in [0, 0.1) is 11.3 Å². The molecule has 0 saturated heterocycles. The Morgan fingerprint density at radius 3 is 2.33 bits per heavy atom. The van der Waals surface area contributed by atoms with E-state index in [0.29, 0.717) is 12.8 Å². The zero-order chi connectivity index (χ0) is 15.3. The van der Waals surface area contributed by atoms with Gasteiger partial charge in [-0.2, -0.15) is 9.98 Å². The lowest BCUT2D eigenvalue weighted by atomic mass is 9.84. The maximum atomic E-state index is 12.5. The van der Waals surface area contributed by atoms with E-state index in [0.717, 1.165) is 37.7 Å². The molecule has 5 heteroatoms. The van der Waals surface area contributed by atoms with Crippen LogP contribution in [0.4, 0.5) is 0 Å². The highest BCUT2D eigenvalue weighted by Gasteiger charge is 2.36. The summed E-state index contributed by atoms with van der Waals surface area (Å²) in [4.78, 5) is 0.238. The molecule has 1 aromatic rings. The van der Waals surface area contributed by atoms with Gasteiger partial charge in [-0.25, -0.2) is 8.42 Å². The third-order valence-electron chi connectivity index (χ3n) is 4.02. The van der Waals surface area contributed by atoms with Gasteiger partial charge in [-0.15, -0.1) is 0 Å². The predicted molar refractivity (Wildman–Crippen MR) is 82.2 cm³/mol. The molecule has 4 nitrogen and oxygen atoms in total. The summed E-state index contributed by atoms with van der Waals surface area (Å²) >= 11 is 0. The van der Waals surface area contributed by atoms with E-state index >= 15 is 0 Å². The van der Waals surface area contributed by atoms with Crippen LogP contribution in [0.25, 0.3) is 0 Å². The van der Waals surface area contributed by atoms with Crippen molar-refractivity contribution in [1.29, 1.82) is 5.26 Å². The third kappa shape index (κ3) is 3.84. The van der Waals surface area contributed by atoms with E-state index in [1.165, 1.54) is 0 Å². The first-order valence-corrected chi connectivity index (χ1v) is 9.04. The summed E-state index contributed by atoms with van der Waals surface area (Å²) in [5.74, 6) is 0. The zero-order valence-corrected chi connectivity index (χ0v) is 13.2. The Hall–Kier alpha value is -1.38. The zero-order valence-electron chi connectivity index (χ0n) is 12.4. The molecule has 0 aromatic heterocycles. The second-order valence-electron chi connectivity index (χ2n) is 5.75. The van der Waals surface area contributed by atoms with Crippen molar-refractivity contribution in [2.24, 2.45) is 0 Å². The van der Waals surface area contributed by atoms with Gasteiger partial charge in [-0.05, 0) is 37.0 Å². The van der Waals surface area contributed by atoms with Gasteiger partial charge >= 0.3 is 0 Å². The van der Waals surface area contributed by atoms with E-state index in [1.54, 1.807) is 12.1 Å². The van der Waals surface area contributed by atoms with Gasteiger partial charge in [0.05, 0.1) is 11.0 Å². The van der Waals surface area contributed by atoms with E-state index in [9.17, 15) is 13.7 Å². The lowest BCUT2D eigenvalue weighted by Gasteiger charge is -2.31. The molecule has 1 fully saturated rings. The van der Waals surface area contributed by atoms with Crippen molar-refractivity contribution in [3.63, 3.8) is 0 Å². The molecule has 0 spiro atoms. The summed E-state index contributed by atoms with van der Waals surface area (Å²) in [5.41, 5.74) is 0.197. The molecule has 1 N–H and O–H groups in total. The Morgan fingerprint density at radius 1 is 1.19 bits per heavy atom. The summed E-state index contributed by atoms with van der Waals surface area (Å²) in [7, 11) is -3.63. The summed E-state index contributed by atoms with van der Waals surface area (Å²) in [5, 5.41) is 9.39. The lowest BCUT2D eigenvalue weighted by Crippen LogP contribution is -2.48. The Kier molecular flexibility index (Phi) is 5.02. The molecule has 1 aliphatic rings. The topological polar surface area (TPSA) is 70.0 Å². The normalized spacial score (nSPS) is 18.1. The van der Waals surface area contributed by atoms with Gasteiger partial charge in [-0.1, -0.05) is 44.7 Å². The molecule has 114 valence electrons. The van der Waals surface area contributed by atoms with Crippen LogP contribution in [-0.4, -0.2) is 14.0 Å². The minimum Gasteiger partial charge on any atom is -0.207 e. The minimum atomic E-state index is -3.63. The number of aryl methyl sites for hydroxylation is 1. The smallest absolute Gasteiger partial charge is 0.207 e. The van der Waals surface area contributed by atoms with Crippen LogP contribution in [0.3, 0.4) is 0 Å². The van der Waals surface area contributed by atoms with Gasteiger partial charge in [0, 0.05) is 0 Å². The van der Waals surface area contributed by atoms with Crippen molar-refractivity contribution >= 4 is 10.0 Å². The SMILES string of the molecule is CCCc1ccc(S(=O)(=O)NC2(C#N)CCCCC2)cc1. The van der Waals surface area contributed by atoms with Crippen LogP contribution in [0.2, 0.25) is 0 Å². The summed E-state index contributed by atoms with van der Waals surface area (Å²) in [6.07, 6.45) is 6.01. The first-order valence-electron chi connectivity index (χ1n) is 7.55. The minimum absolute atomic E-state index is 0.238. The number of hydrogen-bond donors (Lipinski definition) is 1. The lowest BCUT2D eigenvalue weighted by molar-refractivity contribution is 0.338. The number of nitrogens with zero attached hydrogens (tertiary/aromatic N) is 1. The molecular formula is C16H22N2O2S. The fourth-order valence-corrected chi connectivity index (χ4v) is 4.21. The number of benzene rings is 1. The van der Waals surface area contributed by atoms with Gasteiger partial charge in [0.1, 0.15) is 5.54 Å². The molecule has 0 radical (unpaired) electrons. The number of nitriles is 1. The van der Waals surface area contributed by atoms with Crippen molar-refractivity contribution in [1.82, 2.24) is 4.72 Å². The van der Waals surface area contributed by atoms with Crippen LogP contribution in [0.15, 0.2) is 29.2 Å². The summed E-state index contributed by atoms with van der Waals surface area (Å²) < 4.78 is 27.6. The maximum Gasteiger partial charge on any atom is 0.241 e. The molecule has 0 heterocycles. The highest BCUT2D eigenvalue weighted by atomic mass is 32.2. The van der Waals surface area contributed by atoms with Crippen molar-refractivity contribution in [3.05, 3.63) is 29.8 Å². The van der Waals surface area contributed by atoms with E-state index < -0.39 is 15.6 Å². The number of hydrogen-bond acceptors (Lipinski definition) is 3. The van der Waals surface area contributed by atoms with Gasteiger partial charge in [0.15, 0.2) is 0 Å². The molecule has 0 aliphatic heterocycles. The Balaban J connectivity index is 2.19. The van der Waals surface area contributed by atoms with E-state index in [2.05, 4.69) is 17.7 Å². The number of sulfonamides is 1. The standard InChI is InChI=1S/C16H22N2O2S/c1-2-6-14-7-9-15(10-8-14)21(19,20)18-16(13-17)11-4-3-5-12-16/h7-10,18H,2-6,11-12H2,1H3. The highest BCUT2D eigenvalue weighted by Crippen LogP contribution is 2.29. The highest BCUT2D eigenvalue weighted by molar-refractivity contribution is 7.89. The Bertz CT molecular complexity index is 609. The van der Waals surface area contributed by atoms with Crippen LogP contribution in [-0.2, 0) is 16.4 Å². The number of nitrogens with one attached hydrogen (secondary N) is 1. The first kappa shape index (κ1) is 16.0. The molecule has 21 heavy (non-hydrogen) atoms. The van der Waals surface area contributed by atoms with Gasteiger partial charge < -0.3 is 0 Å². The van der Waals surface area contributed by atoms with Crippen molar-refractivity contribution in [2.75, 3.05) is 0 Å². The molecule has 1 aliphatic carbocycles. The molecule has 0 bridgehead atoms. The fourth-order valence-electron chi connectivity index (χ4n) is 2.83. The van der Waals surface area contributed by atoms with E-state index in [4.69, 9.17) is 0 Å². The van der Waals surface area contributed by atoms with Gasteiger partial charge in [0.25, 0.3) is 0 Å². The quantitative estimate of drug-likeness (QED) is 0.908. The average Bonchev–Trinajstić information content (AvgIpc) is 2.49. The van der Waals surface area contributed by atoms with Crippen molar-refractivity contribution in [3.8, 4) is 6.07 Å². The molecule has 0 amide bonds. The number of rotatable bonds is 5. The van der Waals surface area contributed by atoms with Gasteiger partial charge in [0.2, 0.25) is 10.0 Å². The maximum absolute atomic E-state index is 12.5. The summed E-state index contributed by atoms with van der Waals surface area (Å²) in [6, 6.07) is 9.13. The van der Waals surface area contributed by atoms with Crippen LogP contribution < -0.4 is 4.72 Å². The molecule has 0 atom stereocenters. The van der Waals surface area contributed by atoms with Crippen molar-refractivity contribution < 1.29 is 8.42 Å². The second kappa shape index (κ2) is 6.59. The van der Waals surface area contributed by atoms with Crippen molar-refractivity contribution in [2.45, 2.75) is 62.3 Å².